The van der Waals surface area contributed by atoms with E-state index in [0.717, 1.165) is 17.8 Å². The van der Waals surface area contributed by atoms with E-state index >= 15 is 0 Å². The van der Waals surface area contributed by atoms with Crippen molar-refractivity contribution in [1.82, 2.24) is 16.0 Å². The number of halogens is 4. The van der Waals surface area contributed by atoms with E-state index < -0.39 is 12.6 Å². The molecular weight excluding hydrogens is 462 g/mol. The molecule has 0 radical (unpaired) electrons. The van der Waals surface area contributed by atoms with Crippen molar-refractivity contribution in [3.05, 3.63) is 29.8 Å². The first-order chi connectivity index (χ1) is 11.9. The number of piperazine rings is 1. The van der Waals surface area contributed by atoms with Gasteiger partial charge in [-0.3, -0.25) is 9.79 Å². The van der Waals surface area contributed by atoms with Crippen LogP contribution >= 0.6 is 24.0 Å². The summed E-state index contributed by atoms with van der Waals surface area (Å²) in [6, 6.07) is 7.68. The maximum atomic E-state index is 12.1. The SMILES string of the molecule is CN=C(NCCC(F)(F)F)NCc1ccc(N2CCNC(=O)C2)cc1.I. The monoisotopic (exact) mass is 485 g/mol. The fourth-order valence-electron chi connectivity index (χ4n) is 2.41. The van der Waals surface area contributed by atoms with Gasteiger partial charge in [-0.2, -0.15) is 13.2 Å². The second-order valence-electron chi connectivity index (χ2n) is 5.66. The molecule has 146 valence electrons. The Labute approximate surface area is 167 Å². The number of benzene rings is 1. The summed E-state index contributed by atoms with van der Waals surface area (Å²) in [6.07, 6.45) is -5.10. The summed E-state index contributed by atoms with van der Waals surface area (Å²) in [5.74, 6) is 0.326. The van der Waals surface area contributed by atoms with E-state index in [-0.39, 0.29) is 36.4 Å². The summed E-state index contributed by atoms with van der Waals surface area (Å²) in [5.41, 5.74) is 1.93. The second kappa shape index (κ2) is 10.4. The molecule has 1 aliphatic rings. The van der Waals surface area contributed by atoms with E-state index in [1.54, 1.807) is 0 Å². The number of amides is 1. The molecule has 1 fully saturated rings. The molecular formula is C16H23F3IN5O. The molecule has 0 atom stereocenters. The molecule has 6 nitrogen and oxygen atoms in total. The average Bonchev–Trinajstić information content (AvgIpc) is 2.57. The van der Waals surface area contributed by atoms with E-state index in [4.69, 9.17) is 0 Å². The highest BCUT2D eigenvalue weighted by Crippen LogP contribution is 2.18. The molecule has 3 N–H and O–H groups in total. The molecule has 0 saturated carbocycles. The fraction of sp³-hybridized carbons (Fsp3) is 0.500. The minimum atomic E-state index is -4.19. The Bertz CT molecular complexity index is 607. The summed E-state index contributed by atoms with van der Waals surface area (Å²) in [6.45, 7) is 1.94. The molecule has 0 aromatic heterocycles. The van der Waals surface area contributed by atoms with Gasteiger partial charge < -0.3 is 20.9 Å². The first-order valence-electron chi connectivity index (χ1n) is 7.99. The van der Waals surface area contributed by atoms with Crippen molar-refractivity contribution >= 4 is 41.5 Å². The molecule has 1 saturated heterocycles. The van der Waals surface area contributed by atoms with Crippen LogP contribution in [0.1, 0.15) is 12.0 Å². The molecule has 0 aliphatic carbocycles. The van der Waals surface area contributed by atoms with Crippen LogP contribution in [0.3, 0.4) is 0 Å². The molecule has 2 rings (SSSR count). The Morgan fingerprint density at radius 3 is 2.54 bits per heavy atom. The predicted molar refractivity (Wildman–Crippen MR) is 106 cm³/mol. The smallest absolute Gasteiger partial charge is 0.360 e. The minimum absolute atomic E-state index is 0. The van der Waals surface area contributed by atoms with Crippen LogP contribution in [0.5, 0.6) is 0 Å². The van der Waals surface area contributed by atoms with Crippen molar-refractivity contribution in [3.63, 3.8) is 0 Å². The molecule has 1 amide bonds. The Kier molecular flexibility index (Phi) is 8.96. The lowest BCUT2D eigenvalue weighted by atomic mass is 10.2. The third kappa shape index (κ3) is 7.67. The Morgan fingerprint density at radius 2 is 1.96 bits per heavy atom. The summed E-state index contributed by atoms with van der Waals surface area (Å²) in [7, 11) is 1.51. The number of nitrogens with zero attached hydrogens (tertiary/aromatic N) is 2. The molecule has 26 heavy (non-hydrogen) atoms. The molecule has 0 spiro atoms. The predicted octanol–water partition coefficient (Wildman–Crippen LogP) is 1.86. The third-order valence-corrected chi connectivity index (χ3v) is 3.72. The number of alkyl halides is 3. The number of anilines is 1. The number of hydrogen-bond acceptors (Lipinski definition) is 3. The Hall–Kier alpha value is -1.72. The lowest BCUT2D eigenvalue weighted by Gasteiger charge is -2.28. The largest absolute Gasteiger partial charge is 0.390 e. The van der Waals surface area contributed by atoms with Crippen molar-refractivity contribution in [2.45, 2.75) is 19.1 Å². The maximum Gasteiger partial charge on any atom is 0.390 e. The number of nitrogens with one attached hydrogen (secondary N) is 3. The van der Waals surface area contributed by atoms with Crippen LogP contribution in [0.2, 0.25) is 0 Å². The fourth-order valence-corrected chi connectivity index (χ4v) is 2.41. The molecule has 10 heteroatoms. The van der Waals surface area contributed by atoms with Gasteiger partial charge in [-0.15, -0.1) is 24.0 Å². The number of carbonyl (C=O) groups is 1. The van der Waals surface area contributed by atoms with E-state index in [1.165, 1.54) is 7.05 Å². The summed E-state index contributed by atoms with van der Waals surface area (Å²) in [4.78, 5) is 17.3. The average molecular weight is 485 g/mol. The van der Waals surface area contributed by atoms with Gasteiger partial charge in [-0.1, -0.05) is 12.1 Å². The summed E-state index contributed by atoms with van der Waals surface area (Å²) < 4.78 is 36.4. The van der Waals surface area contributed by atoms with Crippen LogP contribution in [0.15, 0.2) is 29.3 Å². The quantitative estimate of drug-likeness (QED) is 0.339. The van der Waals surface area contributed by atoms with Crippen LogP contribution in [-0.4, -0.2) is 51.3 Å². The van der Waals surface area contributed by atoms with Gasteiger partial charge in [-0.05, 0) is 17.7 Å². The van der Waals surface area contributed by atoms with E-state index in [2.05, 4.69) is 20.9 Å². The van der Waals surface area contributed by atoms with Crippen molar-refractivity contribution in [2.24, 2.45) is 4.99 Å². The van der Waals surface area contributed by atoms with Gasteiger partial charge in [0.15, 0.2) is 5.96 Å². The Balaban J connectivity index is 0.00000338. The van der Waals surface area contributed by atoms with Crippen molar-refractivity contribution in [1.29, 1.82) is 0 Å². The molecule has 0 unspecified atom stereocenters. The van der Waals surface area contributed by atoms with Gasteiger partial charge in [0.2, 0.25) is 5.91 Å². The van der Waals surface area contributed by atoms with Crippen molar-refractivity contribution < 1.29 is 18.0 Å². The van der Waals surface area contributed by atoms with Crippen LogP contribution in [0, 0.1) is 0 Å². The van der Waals surface area contributed by atoms with Crippen LogP contribution < -0.4 is 20.9 Å². The van der Waals surface area contributed by atoms with E-state index in [0.29, 0.717) is 25.6 Å². The standard InChI is InChI=1S/C16H22F3N5O.HI/c1-20-15(22-7-6-16(17,18)19)23-10-12-2-4-13(5-3-12)24-9-8-21-14(25)11-24;/h2-5H,6-11H2,1H3,(H,21,25)(H2,20,22,23);1H. The molecule has 1 aromatic carbocycles. The van der Waals surface area contributed by atoms with Gasteiger partial charge >= 0.3 is 6.18 Å². The normalized spacial score (nSPS) is 15.2. The van der Waals surface area contributed by atoms with Crippen molar-refractivity contribution in [2.75, 3.05) is 38.1 Å². The lowest BCUT2D eigenvalue weighted by Crippen LogP contribution is -2.47. The lowest BCUT2D eigenvalue weighted by molar-refractivity contribution is -0.132. The zero-order chi connectivity index (χ0) is 18.3. The number of hydrogen-bond donors (Lipinski definition) is 3. The van der Waals surface area contributed by atoms with Crippen LogP contribution in [-0.2, 0) is 11.3 Å². The number of rotatable bonds is 5. The molecule has 1 aliphatic heterocycles. The van der Waals surface area contributed by atoms with Crippen LogP contribution in [0.25, 0.3) is 0 Å². The highest BCUT2D eigenvalue weighted by molar-refractivity contribution is 14.0. The van der Waals surface area contributed by atoms with E-state index in [9.17, 15) is 18.0 Å². The van der Waals surface area contributed by atoms with Gasteiger partial charge in [0.05, 0.1) is 13.0 Å². The van der Waals surface area contributed by atoms with Gasteiger partial charge in [0.25, 0.3) is 0 Å². The van der Waals surface area contributed by atoms with Gasteiger partial charge in [0.1, 0.15) is 0 Å². The maximum absolute atomic E-state index is 12.1. The summed E-state index contributed by atoms with van der Waals surface area (Å²) in [5, 5.41) is 8.38. The van der Waals surface area contributed by atoms with Crippen LogP contribution in [0.4, 0.5) is 18.9 Å². The number of carbonyl (C=O) groups excluding carboxylic acids is 1. The highest BCUT2D eigenvalue weighted by Gasteiger charge is 2.26. The molecule has 1 heterocycles. The minimum Gasteiger partial charge on any atom is -0.360 e. The molecule has 1 aromatic rings. The van der Waals surface area contributed by atoms with Gasteiger partial charge in [-0.25, -0.2) is 0 Å². The zero-order valence-corrected chi connectivity index (χ0v) is 16.7. The topological polar surface area (TPSA) is 68.8 Å². The van der Waals surface area contributed by atoms with Gasteiger partial charge in [0, 0.05) is 38.9 Å². The molecule has 0 bridgehead atoms. The van der Waals surface area contributed by atoms with E-state index in [1.807, 2.05) is 29.2 Å². The Morgan fingerprint density at radius 1 is 1.27 bits per heavy atom. The number of guanidine groups is 1. The second-order valence-corrected chi connectivity index (χ2v) is 5.66. The van der Waals surface area contributed by atoms with Crippen molar-refractivity contribution in [3.8, 4) is 0 Å². The zero-order valence-electron chi connectivity index (χ0n) is 14.4. The first kappa shape index (κ1) is 22.3. The third-order valence-electron chi connectivity index (χ3n) is 3.72. The first-order valence-corrected chi connectivity index (χ1v) is 7.99. The number of aliphatic imine (C=N–C) groups is 1. The highest BCUT2D eigenvalue weighted by atomic mass is 127. The summed E-state index contributed by atoms with van der Waals surface area (Å²) >= 11 is 0.